The summed E-state index contributed by atoms with van der Waals surface area (Å²) in [4.78, 5) is 4.20. The number of rotatable bonds is 3. The van der Waals surface area contributed by atoms with Gasteiger partial charge in [-0.2, -0.15) is 0 Å². The minimum Gasteiger partial charge on any atom is -0.360 e. The maximum absolute atomic E-state index is 5.30. The normalized spacial score (nSPS) is 8.91. The van der Waals surface area contributed by atoms with E-state index in [0.29, 0.717) is 6.54 Å². The number of hydrogen-bond acceptors (Lipinski definition) is 4. The molecule has 0 unspecified atom stereocenters. The first-order valence-electron chi connectivity index (χ1n) is 3.19. The van der Waals surface area contributed by atoms with Gasteiger partial charge in [-0.05, 0) is 6.92 Å². The zero-order valence-electron chi connectivity index (χ0n) is 6.33. The van der Waals surface area contributed by atoms with E-state index in [1.807, 2.05) is 12.3 Å². The molecule has 1 heterocycles. The molecule has 64 valence electrons. The Kier molecular flexibility index (Phi) is 5.19. The van der Waals surface area contributed by atoms with Gasteiger partial charge in [0, 0.05) is 18.5 Å². The zero-order chi connectivity index (χ0) is 7.40. The van der Waals surface area contributed by atoms with Crippen molar-refractivity contribution in [3.63, 3.8) is 0 Å². The van der Waals surface area contributed by atoms with Gasteiger partial charge in [0.15, 0.2) is 5.13 Å². The van der Waals surface area contributed by atoms with Crippen LogP contribution in [0.1, 0.15) is 5.69 Å². The van der Waals surface area contributed by atoms with Crippen molar-refractivity contribution in [3.8, 4) is 0 Å². The van der Waals surface area contributed by atoms with Crippen LogP contribution in [-0.2, 0) is 0 Å². The smallest absolute Gasteiger partial charge is 0.182 e. The van der Waals surface area contributed by atoms with Crippen LogP contribution in [0.4, 0.5) is 5.13 Å². The van der Waals surface area contributed by atoms with E-state index in [9.17, 15) is 0 Å². The van der Waals surface area contributed by atoms with Crippen molar-refractivity contribution in [2.45, 2.75) is 6.92 Å². The molecule has 0 saturated heterocycles. The highest BCUT2D eigenvalue weighted by atomic mass is 35.5. The molecule has 0 aliphatic heterocycles. The third-order valence-electron chi connectivity index (χ3n) is 1.04. The van der Waals surface area contributed by atoms with Crippen LogP contribution in [0, 0.1) is 6.92 Å². The number of thiazole rings is 1. The van der Waals surface area contributed by atoms with Crippen molar-refractivity contribution in [2.75, 3.05) is 18.4 Å². The standard InChI is InChI=1S/C6H11N3S.ClH/c1-5-4-10-6(9-5)8-3-2-7;/h4H,2-3,7H2,1H3,(H,8,9);1H. The van der Waals surface area contributed by atoms with Crippen LogP contribution in [0.15, 0.2) is 5.38 Å². The Morgan fingerprint density at radius 3 is 2.91 bits per heavy atom. The first-order valence-corrected chi connectivity index (χ1v) is 4.07. The molecule has 0 atom stereocenters. The maximum atomic E-state index is 5.30. The third-order valence-corrected chi connectivity index (χ3v) is 1.96. The summed E-state index contributed by atoms with van der Waals surface area (Å²) in [7, 11) is 0. The van der Waals surface area contributed by atoms with E-state index in [0.717, 1.165) is 17.4 Å². The van der Waals surface area contributed by atoms with Gasteiger partial charge in [0.2, 0.25) is 0 Å². The van der Waals surface area contributed by atoms with Crippen LogP contribution in [0.3, 0.4) is 0 Å². The fourth-order valence-corrected chi connectivity index (χ4v) is 1.33. The summed E-state index contributed by atoms with van der Waals surface area (Å²) in [6.45, 7) is 3.43. The molecular formula is C6H12ClN3S. The van der Waals surface area contributed by atoms with Crippen molar-refractivity contribution < 1.29 is 0 Å². The second-order valence-electron chi connectivity index (χ2n) is 2.01. The Morgan fingerprint density at radius 1 is 1.73 bits per heavy atom. The van der Waals surface area contributed by atoms with Gasteiger partial charge in [-0.1, -0.05) is 0 Å². The number of nitrogens with two attached hydrogens (primary N) is 1. The molecule has 0 aliphatic rings. The summed E-state index contributed by atoms with van der Waals surface area (Å²) in [5.41, 5.74) is 6.36. The van der Waals surface area contributed by atoms with Crippen molar-refractivity contribution in [1.82, 2.24) is 4.98 Å². The number of nitrogens with zero attached hydrogens (tertiary/aromatic N) is 1. The van der Waals surface area contributed by atoms with Gasteiger partial charge in [0.25, 0.3) is 0 Å². The lowest BCUT2D eigenvalue weighted by molar-refractivity contribution is 1.02. The average molecular weight is 194 g/mol. The molecule has 3 nitrogen and oxygen atoms in total. The molecule has 11 heavy (non-hydrogen) atoms. The van der Waals surface area contributed by atoms with E-state index in [1.54, 1.807) is 11.3 Å². The van der Waals surface area contributed by atoms with Crippen LogP contribution < -0.4 is 11.1 Å². The predicted molar refractivity (Wildman–Crippen MR) is 51.6 cm³/mol. The first kappa shape index (κ1) is 10.7. The molecule has 0 fully saturated rings. The fraction of sp³-hybridized carbons (Fsp3) is 0.500. The van der Waals surface area contributed by atoms with Crippen LogP contribution in [0.25, 0.3) is 0 Å². The maximum Gasteiger partial charge on any atom is 0.182 e. The molecule has 0 aromatic carbocycles. The Hall–Kier alpha value is -0.320. The molecule has 0 amide bonds. The van der Waals surface area contributed by atoms with Gasteiger partial charge >= 0.3 is 0 Å². The summed E-state index contributed by atoms with van der Waals surface area (Å²) in [6.07, 6.45) is 0. The lowest BCUT2D eigenvalue weighted by Gasteiger charge is -1.96. The topological polar surface area (TPSA) is 50.9 Å². The Bertz CT molecular complexity index is 201. The van der Waals surface area contributed by atoms with Crippen LogP contribution >= 0.6 is 23.7 Å². The molecule has 5 heteroatoms. The van der Waals surface area contributed by atoms with E-state index in [1.165, 1.54) is 0 Å². The molecule has 1 aromatic heterocycles. The number of anilines is 1. The summed E-state index contributed by atoms with van der Waals surface area (Å²) >= 11 is 1.61. The minimum atomic E-state index is 0. The van der Waals surface area contributed by atoms with Gasteiger partial charge < -0.3 is 11.1 Å². The Morgan fingerprint density at radius 2 is 2.45 bits per heavy atom. The minimum absolute atomic E-state index is 0. The number of nitrogens with one attached hydrogen (secondary N) is 1. The lowest BCUT2D eigenvalue weighted by atomic mass is 10.6. The van der Waals surface area contributed by atoms with E-state index >= 15 is 0 Å². The predicted octanol–water partition coefficient (Wildman–Crippen LogP) is 1.24. The highest BCUT2D eigenvalue weighted by Crippen LogP contribution is 2.13. The first-order chi connectivity index (χ1) is 4.83. The van der Waals surface area contributed by atoms with Crippen molar-refractivity contribution in [3.05, 3.63) is 11.1 Å². The molecule has 0 spiro atoms. The van der Waals surface area contributed by atoms with Crippen LogP contribution in [0.2, 0.25) is 0 Å². The van der Waals surface area contributed by atoms with E-state index in [2.05, 4.69) is 10.3 Å². The molecule has 0 radical (unpaired) electrons. The van der Waals surface area contributed by atoms with E-state index in [-0.39, 0.29) is 12.4 Å². The van der Waals surface area contributed by atoms with Gasteiger partial charge in [-0.15, -0.1) is 23.7 Å². The number of hydrogen-bond donors (Lipinski definition) is 2. The third kappa shape index (κ3) is 3.55. The summed E-state index contributed by atoms with van der Waals surface area (Å²) in [5, 5.41) is 6.07. The molecule has 0 saturated carbocycles. The van der Waals surface area contributed by atoms with Crippen molar-refractivity contribution in [2.24, 2.45) is 5.73 Å². The van der Waals surface area contributed by atoms with E-state index < -0.39 is 0 Å². The largest absolute Gasteiger partial charge is 0.360 e. The summed E-state index contributed by atoms with van der Waals surface area (Å²) < 4.78 is 0. The molecule has 3 N–H and O–H groups in total. The summed E-state index contributed by atoms with van der Waals surface area (Å²) in [5.74, 6) is 0. The Labute approximate surface area is 76.4 Å². The average Bonchev–Trinajstić information content (AvgIpc) is 2.31. The molecule has 0 aliphatic carbocycles. The number of aryl methyl sites for hydroxylation is 1. The molecular weight excluding hydrogens is 182 g/mol. The molecule has 1 rings (SSSR count). The zero-order valence-corrected chi connectivity index (χ0v) is 7.97. The second-order valence-corrected chi connectivity index (χ2v) is 2.87. The number of halogens is 1. The molecule has 1 aromatic rings. The van der Waals surface area contributed by atoms with Gasteiger partial charge in [0.1, 0.15) is 0 Å². The SMILES string of the molecule is Cc1csc(NCCN)n1.Cl. The quantitative estimate of drug-likeness (QED) is 0.760. The van der Waals surface area contributed by atoms with E-state index in [4.69, 9.17) is 5.73 Å². The lowest BCUT2D eigenvalue weighted by Crippen LogP contribution is -2.12. The fourth-order valence-electron chi connectivity index (χ4n) is 0.614. The van der Waals surface area contributed by atoms with Gasteiger partial charge in [-0.3, -0.25) is 0 Å². The number of aromatic nitrogens is 1. The van der Waals surface area contributed by atoms with Crippen molar-refractivity contribution in [1.29, 1.82) is 0 Å². The Balaban J connectivity index is 0.000001000. The van der Waals surface area contributed by atoms with Gasteiger partial charge in [-0.25, -0.2) is 4.98 Å². The monoisotopic (exact) mass is 193 g/mol. The molecule has 0 bridgehead atoms. The van der Waals surface area contributed by atoms with Crippen LogP contribution in [-0.4, -0.2) is 18.1 Å². The summed E-state index contributed by atoms with van der Waals surface area (Å²) in [6, 6.07) is 0. The van der Waals surface area contributed by atoms with Crippen molar-refractivity contribution >= 4 is 28.9 Å². The second kappa shape index (κ2) is 5.35. The highest BCUT2D eigenvalue weighted by Gasteiger charge is 1.93. The van der Waals surface area contributed by atoms with Crippen LogP contribution in [0.5, 0.6) is 0 Å². The van der Waals surface area contributed by atoms with Gasteiger partial charge in [0.05, 0.1) is 5.69 Å². The highest BCUT2D eigenvalue weighted by molar-refractivity contribution is 7.13.